The lowest BCUT2D eigenvalue weighted by molar-refractivity contribution is -0.383. The van der Waals surface area contributed by atoms with Crippen molar-refractivity contribution in [2.45, 2.75) is 6.54 Å². The van der Waals surface area contributed by atoms with Crippen molar-refractivity contribution in [2.24, 2.45) is 0 Å². The number of aromatic nitrogens is 3. The highest BCUT2D eigenvalue weighted by molar-refractivity contribution is 5.94. The molecule has 1 aliphatic rings. The molecule has 1 aromatic carbocycles. The van der Waals surface area contributed by atoms with Crippen LogP contribution in [0.1, 0.15) is 15.9 Å². The lowest BCUT2D eigenvalue weighted by Gasteiger charge is -2.11. The molecule has 152 valence electrons. The second-order valence-corrected chi connectivity index (χ2v) is 6.04. The van der Waals surface area contributed by atoms with E-state index in [1.807, 2.05) is 0 Å². The van der Waals surface area contributed by atoms with Crippen LogP contribution in [0.5, 0.6) is 11.5 Å². The minimum atomic E-state index is -0.638. The number of nitrogens with one attached hydrogen (secondary N) is 3. The number of carbonyl (C=O) groups is 1. The second-order valence-electron chi connectivity index (χ2n) is 6.04. The first kappa shape index (κ1) is 18.9. The number of fused-ring (bicyclic) bond motifs is 1. The zero-order valence-electron chi connectivity index (χ0n) is 15.4. The van der Waals surface area contributed by atoms with Gasteiger partial charge in [0, 0.05) is 18.9 Å². The van der Waals surface area contributed by atoms with Gasteiger partial charge in [-0.3, -0.25) is 30.7 Å². The number of nitrogens with zero attached hydrogens (tertiary/aromatic N) is 4. The summed E-state index contributed by atoms with van der Waals surface area (Å²) in [5, 5.41) is 14.5. The smallest absolute Gasteiger partial charge is 0.354 e. The molecule has 12 heteroatoms. The first-order valence-corrected chi connectivity index (χ1v) is 8.70. The van der Waals surface area contributed by atoms with Gasteiger partial charge < -0.3 is 14.8 Å². The van der Waals surface area contributed by atoms with E-state index < -0.39 is 16.5 Å². The van der Waals surface area contributed by atoms with Gasteiger partial charge in [0.15, 0.2) is 11.5 Å². The van der Waals surface area contributed by atoms with Gasteiger partial charge in [0.05, 0.1) is 10.5 Å². The summed E-state index contributed by atoms with van der Waals surface area (Å²) in [7, 11) is 0. The number of carbonyl (C=O) groups excluding carboxylic acids is 1. The summed E-state index contributed by atoms with van der Waals surface area (Å²) in [6.45, 7) is 0.402. The SMILES string of the molecule is O=C(NNc1ncnc(NCc2ccc3c(c2)OCO3)c1[N+](=O)[O-])c1cccnc1. The van der Waals surface area contributed by atoms with Crippen LogP contribution in [0.2, 0.25) is 0 Å². The molecular weight excluding hydrogens is 394 g/mol. The van der Waals surface area contributed by atoms with Gasteiger partial charge in [-0.1, -0.05) is 6.07 Å². The quantitative estimate of drug-likeness (QED) is 0.389. The number of benzene rings is 1. The van der Waals surface area contributed by atoms with E-state index >= 15 is 0 Å². The van der Waals surface area contributed by atoms with Gasteiger partial charge >= 0.3 is 5.69 Å². The number of rotatable bonds is 7. The molecule has 0 unspecified atom stereocenters. The zero-order valence-corrected chi connectivity index (χ0v) is 15.4. The maximum absolute atomic E-state index is 12.1. The number of nitro groups is 1. The molecule has 30 heavy (non-hydrogen) atoms. The lowest BCUT2D eigenvalue weighted by atomic mass is 10.2. The van der Waals surface area contributed by atoms with Crippen molar-refractivity contribution in [1.82, 2.24) is 20.4 Å². The molecule has 1 amide bonds. The number of hydrogen-bond acceptors (Lipinski definition) is 10. The maximum Gasteiger partial charge on any atom is 0.354 e. The van der Waals surface area contributed by atoms with Gasteiger partial charge in [0.25, 0.3) is 5.91 Å². The monoisotopic (exact) mass is 409 g/mol. The molecule has 3 aromatic rings. The molecule has 12 nitrogen and oxygen atoms in total. The van der Waals surface area contributed by atoms with Crippen molar-refractivity contribution in [3.8, 4) is 11.5 Å². The van der Waals surface area contributed by atoms with Crippen molar-refractivity contribution in [2.75, 3.05) is 17.5 Å². The van der Waals surface area contributed by atoms with Gasteiger partial charge in [0.1, 0.15) is 6.33 Å². The van der Waals surface area contributed by atoms with E-state index in [2.05, 4.69) is 31.1 Å². The third-order valence-corrected chi connectivity index (χ3v) is 4.12. The highest BCUT2D eigenvalue weighted by Crippen LogP contribution is 2.33. The van der Waals surface area contributed by atoms with Crippen LogP contribution in [0.3, 0.4) is 0 Å². The van der Waals surface area contributed by atoms with Gasteiger partial charge in [-0.25, -0.2) is 9.97 Å². The Morgan fingerprint density at radius 3 is 2.80 bits per heavy atom. The molecule has 0 saturated heterocycles. The Labute approximate surface area is 169 Å². The number of amides is 1. The molecule has 3 N–H and O–H groups in total. The maximum atomic E-state index is 12.1. The average Bonchev–Trinajstić information content (AvgIpc) is 3.24. The van der Waals surface area contributed by atoms with Crippen molar-refractivity contribution in [3.05, 3.63) is 70.3 Å². The molecule has 0 fully saturated rings. The molecule has 0 aliphatic carbocycles. The minimum Gasteiger partial charge on any atom is -0.454 e. The van der Waals surface area contributed by atoms with E-state index in [-0.39, 0.29) is 30.5 Å². The zero-order chi connectivity index (χ0) is 20.9. The Morgan fingerprint density at radius 1 is 1.17 bits per heavy atom. The minimum absolute atomic E-state index is 0.00852. The molecule has 0 saturated carbocycles. The van der Waals surface area contributed by atoms with Gasteiger partial charge in [-0.15, -0.1) is 0 Å². The summed E-state index contributed by atoms with van der Waals surface area (Å²) in [6.07, 6.45) is 4.04. The molecule has 0 bridgehead atoms. The molecular formula is C18H15N7O5. The first-order valence-electron chi connectivity index (χ1n) is 8.70. The Morgan fingerprint density at radius 2 is 2.00 bits per heavy atom. The standard InChI is InChI=1S/C18H15N7O5/c26-18(12-2-1-5-19-8-12)24-23-17-15(25(27)28)16(21-9-22-17)20-7-11-3-4-13-14(6-11)30-10-29-13/h1-6,8-9H,7,10H2,(H,24,26)(H2,20,21,22,23). The third-order valence-electron chi connectivity index (χ3n) is 4.12. The van der Waals surface area contributed by atoms with Crippen molar-refractivity contribution < 1.29 is 19.2 Å². The van der Waals surface area contributed by atoms with Crippen LogP contribution in [0.25, 0.3) is 0 Å². The van der Waals surface area contributed by atoms with Crippen LogP contribution in [0, 0.1) is 10.1 Å². The van der Waals surface area contributed by atoms with Crippen LogP contribution in [0.4, 0.5) is 17.3 Å². The fraction of sp³-hybridized carbons (Fsp3) is 0.111. The van der Waals surface area contributed by atoms with E-state index in [1.165, 1.54) is 12.4 Å². The Kier molecular flexibility index (Phi) is 5.19. The predicted molar refractivity (Wildman–Crippen MR) is 104 cm³/mol. The molecule has 3 heterocycles. The number of anilines is 2. The Hall–Kier alpha value is -4.48. The fourth-order valence-electron chi connectivity index (χ4n) is 2.69. The van der Waals surface area contributed by atoms with Gasteiger partial charge in [-0.2, -0.15) is 0 Å². The van der Waals surface area contributed by atoms with Crippen molar-refractivity contribution >= 4 is 23.2 Å². The molecule has 0 spiro atoms. The Balaban J connectivity index is 1.48. The lowest BCUT2D eigenvalue weighted by Crippen LogP contribution is -2.30. The molecule has 0 radical (unpaired) electrons. The van der Waals surface area contributed by atoms with Crippen LogP contribution >= 0.6 is 0 Å². The summed E-state index contributed by atoms with van der Waals surface area (Å²) in [5.41, 5.74) is 5.51. The topological polar surface area (TPSA) is 153 Å². The largest absolute Gasteiger partial charge is 0.454 e. The van der Waals surface area contributed by atoms with Crippen LogP contribution in [0.15, 0.2) is 49.1 Å². The van der Waals surface area contributed by atoms with Crippen LogP contribution in [-0.4, -0.2) is 32.6 Å². The van der Waals surface area contributed by atoms with E-state index in [9.17, 15) is 14.9 Å². The number of hydrazine groups is 1. The third kappa shape index (κ3) is 4.01. The summed E-state index contributed by atoms with van der Waals surface area (Å²) >= 11 is 0. The first-order chi connectivity index (χ1) is 14.6. The average molecular weight is 409 g/mol. The van der Waals surface area contributed by atoms with E-state index in [4.69, 9.17) is 9.47 Å². The highest BCUT2D eigenvalue weighted by Gasteiger charge is 2.23. The number of hydrogen-bond donors (Lipinski definition) is 3. The fourth-order valence-corrected chi connectivity index (χ4v) is 2.69. The predicted octanol–water partition coefficient (Wildman–Crippen LogP) is 1.88. The molecule has 4 rings (SSSR count). The summed E-state index contributed by atoms with van der Waals surface area (Å²) in [6, 6.07) is 8.49. The Bertz CT molecular complexity index is 1090. The normalized spacial score (nSPS) is 11.6. The van der Waals surface area contributed by atoms with E-state index in [0.717, 1.165) is 11.9 Å². The summed E-state index contributed by atoms with van der Waals surface area (Å²) in [4.78, 5) is 34.7. The van der Waals surface area contributed by atoms with Crippen LogP contribution in [-0.2, 0) is 6.54 Å². The summed E-state index contributed by atoms with van der Waals surface area (Å²) in [5.74, 6) is 0.548. The number of ether oxygens (including phenoxy) is 2. The molecule has 0 atom stereocenters. The van der Waals surface area contributed by atoms with E-state index in [0.29, 0.717) is 11.5 Å². The highest BCUT2D eigenvalue weighted by atomic mass is 16.7. The van der Waals surface area contributed by atoms with E-state index in [1.54, 1.807) is 30.3 Å². The van der Waals surface area contributed by atoms with Crippen molar-refractivity contribution in [3.63, 3.8) is 0 Å². The van der Waals surface area contributed by atoms with Gasteiger partial charge in [0.2, 0.25) is 18.4 Å². The number of pyridine rings is 1. The second kappa shape index (κ2) is 8.26. The summed E-state index contributed by atoms with van der Waals surface area (Å²) < 4.78 is 10.6. The van der Waals surface area contributed by atoms with Crippen molar-refractivity contribution in [1.29, 1.82) is 0 Å². The molecule has 2 aromatic heterocycles. The van der Waals surface area contributed by atoms with Crippen LogP contribution < -0.4 is 25.6 Å². The van der Waals surface area contributed by atoms with Gasteiger partial charge in [-0.05, 0) is 29.8 Å². The molecule has 1 aliphatic heterocycles.